The zero-order chi connectivity index (χ0) is 11.2. The molecule has 1 fully saturated rings. The molecule has 1 saturated carbocycles. The lowest BCUT2D eigenvalue weighted by Crippen LogP contribution is -2.21. The first-order valence-corrected chi connectivity index (χ1v) is 5.63. The summed E-state index contributed by atoms with van der Waals surface area (Å²) >= 11 is 5.04. The predicted octanol–water partition coefficient (Wildman–Crippen LogP) is 1.73. The van der Waals surface area contributed by atoms with E-state index in [9.17, 15) is 0 Å². The molecule has 1 aliphatic carbocycles. The molecule has 4 nitrogen and oxygen atoms in total. The smallest absolute Gasteiger partial charge is 0.214 e. The molecular weight excluding hydrogens is 220 g/mol. The van der Waals surface area contributed by atoms with Crippen molar-refractivity contribution in [2.75, 3.05) is 5.84 Å². The van der Waals surface area contributed by atoms with Gasteiger partial charge < -0.3 is 5.84 Å². The Labute approximate surface area is 98.1 Å². The Bertz CT molecular complexity index is 565. The molecule has 1 aromatic heterocycles. The minimum absolute atomic E-state index is 0.0242. The van der Waals surface area contributed by atoms with E-state index in [0.29, 0.717) is 4.77 Å². The summed E-state index contributed by atoms with van der Waals surface area (Å²) in [5, 5.41) is 6.99. The quantitative estimate of drug-likeness (QED) is 0.612. The summed E-state index contributed by atoms with van der Waals surface area (Å²) in [6.45, 7) is 0. The highest BCUT2D eigenvalue weighted by molar-refractivity contribution is 7.71. The summed E-state index contributed by atoms with van der Waals surface area (Å²) in [6.07, 6.45) is 2.15. The fourth-order valence-corrected chi connectivity index (χ4v) is 2.30. The van der Waals surface area contributed by atoms with Gasteiger partial charge in [0.2, 0.25) is 4.77 Å². The number of aromatic amines is 1. The normalized spacial score (nSPS) is 17.2. The molecule has 3 rings (SSSR count). The van der Waals surface area contributed by atoms with E-state index in [-0.39, 0.29) is 5.41 Å². The zero-order valence-electron chi connectivity index (χ0n) is 8.68. The van der Waals surface area contributed by atoms with Gasteiger partial charge in [-0.3, -0.25) is 5.10 Å². The Hall–Kier alpha value is -1.62. The van der Waals surface area contributed by atoms with Crippen LogP contribution in [0.5, 0.6) is 0 Å². The molecule has 0 atom stereocenters. The van der Waals surface area contributed by atoms with E-state index >= 15 is 0 Å². The number of hydrogen-bond acceptors (Lipinski definition) is 3. The Morgan fingerprint density at radius 3 is 2.50 bits per heavy atom. The van der Waals surface area contributed by atoms with Gasteiger partial charge in [-0.05, 0) is 30.6 Å². The van der Waals surface area contributed by atoms with Crippen LogP contribution in [0.25, 0.3) is 0 Å². The van der Waals surface area contributed by atoms with Crippen LogP contribution in [0.1, 0.15) is 24.2 Å². The maximum absolute atomic E-state index is 5.88. The average Bonchev–Trinajstić information content (AvgIpc) is 3.05. The fourth-order valence-electron chi connectivity index (χ4n) is 2.17. The number of nitrogen functional groups attached to an aromatic ring is 1. The van der Waals surface area contributed by atoms with Crippen LogP contribution in [0.15, 0.2) is 30.3 Å². The van der Waals surface area contributed by atoms with Crippen molar-refractivity contribution in [2.24, 2.45) is 0 Å². The van der Waals surface area contributed by atoms with Gasteiger partial charge in [-0.2, -0.15) is 5.10 Å². The van der Waals surface area contributed by atoms with Crippen molar-refractivity contribution in [1.82, 2.24) is 14.9 Å². The van der Waals surface area contributed by atoms with Crippen LogP contribution < -0.4 is 5.84 Å². The minimum atomic E-state index is -0.0242. The molecule has 0 saturated heterocycles. The lowest BCUT2D eigenvalue weighted by Gasteiger charge is -2.13. The maximum atomic E-state index is 5.88. The number of nitrogens with zero attached hydrogens (tertiary/aromatic N) is 2. The monoisotopic (exact) mass is 232 g/mol. The lowest BCUT2D eigenvalue weighted by atomic mass is 9.95. The molecule has 2 aromatic rings. The van der Waals surface area contributed by atoms with Gasteiger partial charge in [-0.1, -0.05) is 30.3 Å². The van der Waals surface area contributed by atoms with Crippen molar-refractivity contribution >= 4 is 12.2 Å². The summed E-state index contributed by atoms with van der Waals surface area (Å²) in [7, 11) is 0. The zero-order valence-corrected chi connectivity index (χ0v) is 9.50. The topological polar surface area (TPSA) is 59.6 Å². The van der Waals surface area contributed by atoms with Gasteiger partial charge in [-0.25, -0.2) is 4.68 Å². The summed E-state index contributed by atoms with van der Waals surface area (Å²) in [4.78, 5) is 0. The SMILES string of the molecule is Nn1c(C2(c3ccccc3)CC2)n[nH]c1=S. The van der Waals surface area contributed by atoms with Crippen LogP contribution in [0.4, 0.5) is 0 Å². The maximum Gasteiger partial charge on any atom is 0.214 e. The molecule has 82 valence electrons. The Kier molecular flexibility index (Phi) is 1.91. The molecule has 0 spiro atoms. The largest absolute Gasteiger partial charge is 0.335 e. The Morgan fingerprint density at radius 2 is 2.00 bits per heavy atom. The molecule has 16 heavy (non-hydrogen) atoms. The van der Waals surface area contributed by atoms with Crippen molar-refractivity contribution < 1.29 is 0 Å². The van der Waals surface area contributed by atoms with Crippen molar-refractivity contribution in [3.05, 3.63) is 46.5 Å². The first kappa shape index (κ1) is 9.59. The highest BCUT2D eigenvalue weighted by Crippen LogP contribution is 2.52. The van der Waals surface area contributed by atoms with Crippen LogP contribution in [-0.4, -0.2) is 14.9 Å². The van der Waals surface area contributed by atoms with Crippen LogP contribution in [0, 0.1) is 4.77 Å². The number of nitrogens with two attached hydrogens (primary N) is 1. The minimum Gasteiger partial charge on any atom is -0.335 e. The Balaban J connectivity index is 2.14. The number of hydrogen-bond donors (Lipinski definition) is 2. The third kappa shape index (κ3) is 1.21. The van der Waals surface area contributed by atoms with E-state index < -0.39 is 0 Å². The van der Waals surface area contributed by atoms with E-state index in [1.54, 1.807) is 0 Å². The van der Waals surface area contributed by atoms with Crippen LogP contribution in [-0.2, 0) is 5.41 Å². The molecule has 1 aromatic carbocycles. The number of nitrogens with one attached hydrogen (secondary N) is 1. The van der Waals surface area contributed by atoms with Gasteiger partial charge in [0.25, 0.3) is 0 Å². The van der Waals surface area contributed by atoms with E-state index in [2.05, 4.69) is 22.3 Å². The molecular formula is C11H12N4S. The molecule has 5 heteroatoms. The molecule has 0 aliphatic heterocycles. The average molecular weight is 232 g/mol. The van der Waals surface area contributed by atoms with Gasteiger partial charge in [0.15, 0.2) is 5.82 Å². The highest BCUT2D eigenvalue weighted by Gasteiger charge is 2.49. The first-order valence-electron chi connectivity index (χ1n) is 5.22. The van der Waals surface area contributed by atoms with E-state index in [0.717, 1.165) is 18.7 Å². The van der Waals surface area contributed by atoms with Gasteiger partial charge in [0, 0.05) is 0 Å². The van der Waals surface area contributed by atoms with Gasteiger partial charge in [0.05, 0.1) is 5.41 Å². The van der Waals surface area contributed by atoms with Crippen molar-refractivity contribution in [3.63, 3.8) is 0 Å². The van der Waals surface area contributed by atoms with E-state index in [1.165, 1.54) is 10.2 Å². The second-order valence-corrected chi connectivity index (χ2v) is 4.56. The van der Waals surface area contributed by atoms with E-state index in [4.69, 9.17) is 18.1 Å². The van der Waals surface area contributed by atoms with E-state index in [1.807, 2.05) is 18.2 Å². The van der Waals surface area contributed by atoms with Crippen molar-refractivity contribution in [3.8, 4) is 0 Å². The third-order valence-electron chi connectivity index (χ3n) is 3.21. The van der Waals surface area contributed by atoms with Gasteiger partial charge in [-0.15, -0.1) is 0 Å². The standard InChI is InChI=1S/C11H12N4S/c12-15-9(13-14-10(15)16)11(6-7-11)8-4-2-1-3-5-8/h1-5H,6-7,12H2,(H,14,16). The van der Waals surface area contributed by atoms with Crippen LogP contribution in [0.3, 0.4) is 0 Å². The third-order valence-corrected chi connectivity index (χ3v) is 3.50. The number of rotatable bonds is 2. The summed E-state index contributed by atoms with van der Waals surface area (Å²) in [5.41, 5.74) is 1.24. The van der Waals surface area contributed by atoms with Crippen LogP contribution >= 0.6 is 12.2 Å². The fraction of sp³-hybridized carbons (Fsp3) is 0.273. The summed E-state index contributed by atoms with van der Waals surface area (Å²) < 4.78 is 1.95. The molecule has 3 N–H and O–H groups in total. The molecule has 0 unspecified atom stereocenters. The molecule has 1 aliphatic rings. The predicted molar refractivity (Wildman–Crippen MR) is 64.0 cm³/mol. The van der Waals surface area contributed by atoms with Crippen LogP contribution in [0.2, 0.25) is 0 Å². The van der Waals surface area contributed by atoms with Crippen molar-refractivity contribution in [2.45, 2.75) is 18.3 Å². The van der Waals surface area contributed by atoms with Gasteiger partial charge >= 0.3 is 0 Å². The summed E-state index contributed by atoms with van der Waals surface area (Å²) in [6, 6.07) is 10.3. The van der Waals surface area contributed by atoms with Crippen molar-refractivity contribution in [1.29, 1.82) is 0 Å². The molecule has 0 radical (unpaired) electrons. The summed E-state index contributed by atoms with van der Waals surface area (Å²) in [5.74, 6) is 6.72. The number of aromatic nitrogens is 3. The number of benzene rings is 1. The highest BCUT2D eigenvalue weighted by atomic mass is 32.1. The molecule has 0 bridgehead atoms. The molecule has 0 amide bonds. The number of H-pyrrole nitrogens is 1. The Morgan fingerprint density at radius 1 is 1.31 bits per heavy atom. The van der Waals surface area contributed by atoms with Gasteiger partial charge in [0.1, 0.15) is 0 Å². The molecule has 1 heterocycles. The second kappa shape index (κ2) is 3.18. The first-order chi connectivity index (χ1) is 7.74. The lowest BCUT2D eigenvalue weighted by molar-refractivity contribution is 0.711. The second-order valence-electron chi connectivity index (χ2n) is 4.17.